The standard InChI is InChI=1S/C13H17NO5/c1-4-14(8-15)11(13(16)17)9-6-5-7-10(18-2)12(9)19-3/h5-8,11H,4H2,1-3H3,(H,16,17). The Kier molecular flexibility index (Phi) is 5.17. The van der Waals surface area contributed by atoms with E-state index in [0.29, 0.717) is 23.5 Å². The van der Waals surface area contributed by atoms with E-state index in [4.69, 9.17) is 9.47 Å². The Morgan fingerprint density at radius 3 is 2.53 bits per heavy atom. The van der Waals surface area contributed by atoms with Crippen molar-refractivity contribution in [1.82, 2.24) is 4.90 Å². The number of amides is 1. The molecule has 6 nitrogen and oxygen atoms in total. The molecule has 0 bridgehead atoms. The summed E-state index contributed by atoms with van der Waals surface area (Å²) in [5.74, 6) is -0.383. The van der Waals surface area contributed by atoms with Gasteiger partial charge in [0, 0.05) is 12.1 Å². The largest absolute Gasteiger partial charge is 0.493 e. The van der Waals surface area contributed by atoms with Crippen molar-refractivity contribution in [2.45, 2.75) is 13.0 Å². The summed E-state index contributed by atoms with van der Waals surface area (Å²) in [7, 11) is 2.90. The maximum Gasteiger partial charge on any atom is 0.331 e. The summed E-state index contributed by atoms with van der Waals surface area (Å²) in [5.41, 5.74) is 0.378. The van der Waals surface area contributed by atoms with Gasteiger partial charge >= 0.3 is 5.97 Å². The van der Waals surface area contributed by atoms with Crippen LogP contribution in [0.25, 0.3) is 0 Å². The highest BCUT2D eigenvalue weighted by molar-refractivity contribution is 5.79. The number of methoxy groups -OCH3 is 2. The first kappa shape index (κ1) is 14.8. The fourth-order valence-electron chi connectivity index (χ4n) is 1.90. The lowest BCUT2D eigenvalue weighted by Crippen LogP contribution is -2.33. The molecule has 0 spiro atoms. The molecule has 0 aliphatic rings. The Bertz CT molecular complexity index is 460. The summed E-state index contributed by atoms with van der Waals surface area (Å²) in [6.07, 6.45) is 0.512. The SMILES string of the molecule is CCN(C=O)C(C(=O)O)c1cccc(OC)c1OC. The molecule has 0 radical (unpaired) electrons. The Morgan fingerprint density at radius 1 is 1.42 bits per heavy atom. The van der Waals surface area contributed by atoms with E-state index < -0.39 is 12.0 Å². The minimum absolute atomic E-state index is 0.279. The van der Waals surface area contributed by atoms with Crippen LogP contribution >= 0.6 is 0 Å². The van der Waals surface area contributed by atoms with Gasteiger partial charge in [0.05, 0.1) is 14.2 Å². The van der Waals surface area contributed by atoms with Crippen LogP contribution in [0.5, 0.6) is 11.5 Å². The molecule has 0 aliphatic heterocycles. The van der Waals surface area contributed by atoms with Crippen molar-refractivity contribution in [3.63, 3.8) is 0 Å². The third-order valence-electron chi connectivity index (χ3n) is 2.79. The number of ether oxygens (including phenoxy) is 2. The number of likely N-dealkylation sites (N-methyl/N-ethyl adjacent to an activating group) is 1. The van der Waals surface area contributed by atoms with Crippen LogP contribution < -0.4 is 9.47 Å². The van der Waals surface area contributed by atoms with Crippen LogP contribution in [0, 0.1) is 0 Å². The molecular formula is C13H17NO5. The Hall–Kier alpha value is -2.24. The monoisotopic (exact) mass is 267 g/mol. The van der Waals surface area contributed by atoms with Crippen molar-refractivity contribution in [3.8, 4) is 11.5 Å². The van der Waals surface area contributed by atoms with E-state index in [1.807, 2.05) is 0 Å². The molecule has 0 heterocycles. The van der Waals surface area contributed by atoms with Gasteiger partial charge in [0.25, 0.3) is 0 Å². The van der Waals surface area contributed by atoms with E-state index >= 15 is 0 Å². The van der Waals surface area contributed by atoms with Gasteiger partial charge in [0.2, 0.25) is 6.41 Å². The van der Waals surface area contributed by atoms with Crippen LogP contribution in [-0.4, -0.2) is 43.2 Å². The first-order valence-electron chi connectivity index (χ1n) is 5.75. The lowest BCUT2D eigenvalue weighted by molar-refractivity contribution is -0.146. The van der Waals surface area contributed by atoms with Gasteiger partial charge in [-0.15, -0.1) is 0 Å². The Labute approximate surface area is 111 Å². The van der Waals surface area contributed by atoms with Gasteiger partial charge in [0.15, 0.2) is 17.5 Å². The number of carbonyl (C=O) groups excluding carboxylic acids is 1. The molecule has 1 aromatic carbocycles. The van der Waals surface area contributed by atoms with Crippen LogP contribution in [0.15, 0.2) is 18.2 Å². The number of nitrogens with zero attached hydrogens (tertiary/aromatic N) is 1. The second kappa shape index (κ2) is 6.63. The van der Waals surface area contributed by atoms with Crippen LogP contribution in [0.2, 0.25) is 0 Å². The van der Waals surface area contributed by atoms with E-state index in [9.17, 15) is 14.7 Å². The van der Waals surface area contributed by atoms with Crippen molar-refractivity contribution >= 4 is 12.4 Å². The zero-order valence-electron chi connectivity index (χ0n) is 11.1. The van der Waals surface area contributed by atoms with Crippen molar-refractivity contribution in [1.29, 1.82) is 0 Å². The van der Waals surface area contributed by atoms with Crippen LogP contribution in [0.4, 0.5) is 0 Å². The quantitative estimate of drug-likeness (QED) is 0.754. The Morgan fingerprint density at radius 2 is 2.11 bits per heavy atom. The minimum Gasteiger partial charge on any atom is -0.493 e. The van der Waals surface area contributed by atoms with Crippen LogP contribution in [-0.2, 0) is 9.59 Å². The summed E-state index contributed by atoms with van der Waals surface area (Å²) in [5, 5.41) is 9.35. The smallest absolute Gasteiger partial charge is 0.331 e. The lowest BCUT2D eigenvalue weighted by Gasteiger charge is -2.25. The average Bonchev–Trinajstić information content (AvgIpc) is 2.43. The molecule has 1 rings (SSSR count). The molecule has 1 amide bonds. The highest BCUT2D eigenvalue weighted by Gasteiger charge is 2.29. The highest BCUT2D eigenvalue weighted by atomic mass is 16.5. The molecule has 1 atom stereocenters. The molecule has 1 unspecified atom stereocenters. The predicted molar refractivity (Wildman–Crippen MR) is 68.4 cm³/mol. The number of carboxylic acid groups (broad SMARTS) is 1. The minimum atomic E-state index is -1.12. The fraction of sp³-hybridized carbons (Fsp3) is 0.385. The number of rotatable bonds is 7. The molecule has 1 N–H and O–H groups in total. The van der Waals surface area contributed by atoms with Gasteiger partial charge in [-0.1, -0.05) is 12.1 Å². The second-order valence-corrected chi connectivity index (χ2v) is 3.76. The van der Waals surface area contributed by atoms with Gasteiger partial charge in [-0.05, 0) is 13.0 Å². The summed E-state index contributed by atoms with van der Waals surface area (Å²) < 4.78 is 10.3. The molecule has 104 valence electrons. The van der Waals surface area contributed by atoms with E-state index in [1.165, 1.54) is 19.1 Å². The maximum absolute atomic E-state index is 11.4. The number of hydrogen-bond donors (Lipinski definition) is 1. The Balaban J connectivity index is 3.38. The molecule has 1 aromatic rings. The molecule has 0 saturated heterocycles. The van der Waals surface area contributed by atoms with Crippen molar-refractivity contribution in [2.75, 3.05) is 20.8 Å². The summed E-state index contributed by atoms with van der Waals surface area (Å²) in [4.78, 5) is 23.6. The number of carboxylic acids is 1. The maximum atomic E-state index is 11.4. The average molecular weight is 267 g/mol. The van der Waals surface area contributed by atoms with E-state index in [0.717, 1.165) is 0 Å². The molecule has 0 saturated carbocycles. The fourth-order valence-corrected chi connectivity index (χ4v) is 1.90. The van der Waals surface area contributed by atoms with Gasteiger partial charge in [0.1, 0.15) is 0 Å². The third-order valence-corrected chi connectivity index (χ3v) is 2.79. The van der Waals surface area contributed by atoms with Gasteiger partial charge in [-0.3, -0.25) is 4.79 Å². The van der Waals surface area contributed by atoms with Crippen LogP contribution in [0.3, 0.4) is 0 Å². The van der Waals surface area contributed by atoms with Gasteiger partial charge in [-0.2, -0.15) is 0 Å². The summed E-state index contributed by atoms with van der Waals surface area (Å²) in [6, 6.07) is 3.82. The topological polar surface area (TPSA) is 76.1 Å². The lowest BCUT2D eigenvalue weighted by atomic mass is 10.0. The van der Waals surface area contributed by atoms with Crippen molar-refractivity contribution in [3.05, 3.63) is 23.8 Å². The molecular weight excluding hydrogens is 250 g/mol. The normalized spacial score (nSPS) is 11.5. The predicted octanol–water partition coefficient (Wildman–Crippen LogP) is 1.31. The second-order valence-electron chi connectivity index (χ2n) is 3.76. The van der Waals surface area contributed by atoms with E-state index in [1.54, 1.807) is 25.1 Å². The molecule has 0 aliphatic carbocycles. The van der Waals surface area contributed by atoms with E-state index in [2.05, 4.69) is 0 Å². The van der Waals surface area contributed by atoms with Crippen molar-refractivity contribution < 1.29 is 24.2 Å². The number of benzene rings is 1. The number of para-hydroxylation sites is 1. The van der Waals surface area contributed by atoms with E-state index in [-0.39, 0.29) is 6.54 Å². The van der Waals surface area contributed by atoms with Gasteiger partial charge < -0.3 is 19.5 Å². The number of hydrogen-bond acceptors (Lipinski definition) is 4. The highest BCUT2D eigenvalue weighted by Crippen LogP contribution is 2.36. The molecule has 19 heavy (non-hydrogen) atoms. The van der Waals surface area contributed by atoms with Crippen LogP contribution in [0.1, 0.15) is 18.5 Å². The van der Waals surface area contributed by atoms with Crippen molar-refractivity contribution in [2.24, 2.45) is 0 Å². The number of carbonyl (C=O) groups is 2. The zero-order valence-corrected chi connectivity index (χ0v) is 11.1. The first-order valence-corrected chi connectivity index (χ1v) is 5.75. The number of aliphatic carboxylic acids is 1. The molecule has 6 heteroatoms. The van der Waals surface area contributed by atoms with Gasteiger partial charge in [-0.25, -0.2) is 4.79 Å². The summed E-state index contributed by atoms with van der Waals surface area (Å²) in [6.45, 7) is 1.98. The summed E-state index contributed by atoms with van der Waals surface area (Å²) >= 11 is 0. The molecule has 0 aromatic heterocycles. The third kappa shape index (κ3) is 2.96. The molecule has 0 fully saturated rings. The zero-order chi connectivity index (χ0) is 14.4. The first-order chi connectivity index (χ1) is 9.10.